The van der Waals surface area contributed by atoms with E-state index in [1.54, 1.807) is 36.4 Å². The van der Waals surface area contributed by atoms with E-state index in [-0.39, 0.29) is 11.6 Å². The Morgan fingerprint density at radius 3 is 1.92 bits per heavy atom. The summed E-state index contributed by atoms with van der Waals surface area (Å²) >= 11 is 0. The van der Waals surface area contributed by atoms with Crippen LogP contribution in [0.15, 0.2) is 72.8 Å². The number of ketones is 2. The average Bonchev–Trinajstić information content (AvgIpc) is 2.67. The minimum absolute atomic E-state index is 0.179. The van der Waals surface area contributed by atoms with Crippen LogP contribution < -0.4 is 9.57 Å². The maximum Gasteiger partial charge on any atom is 0.306 e. The predicted molar refractivity (Wildman–Crippen MR) is 94.5 cm³/mol. The van der Waals surface area contributed by atoms with E-state index in [1.807, 2.05) is 36.4 Å². The van der Waals surface area contributed by atoms with Crippen molar-refractivity contribution < 1.29 is 19.2 Å². The molecule has 0 saturated heterocycles. The number of aromatic nitrogens is 1. The quantitative estimate of drug-likeness (QED) is 0.533. The van der Waals surface area contributed by atoms with Crippen molar-refractivity contribution >= 4 is 11.6 Å². The van der Waals surface area contributed by atoms with E-state index in [9.17, 15) is 9.59 Å². The summed E-state index contributed by atoms with van der Waals surface area (Å²) in [6, 6.07) is 22.1. The van der Waals surface area contributed by atoms with Gasteiger partial charge in [-0.1, -0.05) is 60.7 Å². The van der Waals surface area contributed by atoms with Gasteiger partial charge in [-0.05, 0) is 11.1 Å². The lowest BCUT2D eigenvalue weighted by atomic mass is 10.0. The Hall–Kier alpha value is -3.27. The number of benzene rings is 2. The fourth-order valence-corrected chi connectivity index (χ4v) is 2.72. The molecule has 4 nitrogen and oxygen atoms in total. The summed E-state index contributed by atoms with van der Waals surface area (Å²) < 4.78 is 1.30. The Balaban J connectivity index is 2.24. The Labute approximate surface area is 146 Å². The summed E-state index contributed by atoms with van der Waals surface area (Å²) in [5.41, 5.74) is 2.88. The normalized spacial score (nSPS) is 10.3. The van der Waals surface area contributed by atoms with E-state index in [0.717, 1.165) is 11.1 Å². The molecule has 4 heteroatoms. The first-order chi connectivity index (χ1) is 12.1. The van der Waals surface area contributed by atoms with E-state index in [1.165, 1.54) is 18.8 Å². The lowest BCUT2D eigenvalue weighted by Crippen LogP contribution is -2.51. The Morgan fingerprint density at radius 2 is 1.36 bits per heavy atom. The van der Waals surface area contributed by atoms with Crippen LogP contribution in [0.25, 0.3) is 11.1 Å². The van der Waals surface area contributed by atoms with Crippen LogP contribution in [0, 0.1) is 0 Å². The van der Waals surface area contributed by atoms with Gasteiger partial charge in [-0.15, -0.1) is 0 Å². The van der Waals surface area contributed by atoms with Gasteiger partial charge in [0.25, 0.3) is 5.78 Å². The smallest absolute Gasteiger partial charge is 0.288 e. The third kappa shape index (κ3) is 3.33. The molecule has 0 aliphatic heterocycles. The molecule has 0 saturated carbocycles. The van der Waals surface area contributed by atoms with Crippen molar-refractivity contribution in [3.8, 4) is 11.1 Å². The zero-order chi connectivity index (χ0) is 17.8. The molecule has 0 aliphatic rings. The molecule has 124 valence electrons. The van der Waals surface area contributed by atoms with E-state index in [4.69, 9.17) is 4.84 Å². The maximum absolute atomic E-state index is 13.0. The molecule has 0 fully saturated rings. The second kappa shape index (κ2) is 7.09. The highest BCUT2D eigenvalue weighted by Gasteiger charge is 2.30. The van der Waals surface area contributed by atoms with Gasteiger partial charge in [0.1, 0.15) is 7.11 Å². The van der Waals surface area contributed by atoms with Crippen LogP contribution in [0.5, 0.6) is 0 Å². The van der Waals surface area contributed by atoms with Gasteiger partial charge in [0.15, 0.2) is 0 Å². The zero-order valence-corrected chi connectivity index (χ0v) is 14.1. The minimum atomic E-state index is -0.206. The van der Waals surface area contributed by atoms with Gasteiger partial charge in [0.05, 0.1) is 0 Å². The van der Waals surface area contributed by atoms with Crippen molar-refractivity contribution in [3.63, 3.8) is 0 Å². The van der Waals surface area contributed by atoms with Crippen molar-refractivity contribution in [2.45, 2.75) is 6.92 Å². The molecule has 2 aromatic carbocycles. The van der Waals surface area contributed by atoms with Gasteiger partial charge >= 0.3 is 11.4 Å². The Bertz CT molecular complexity index is 919. The van der Waals surface area contributed by atoms with Crippen LogP contribution in [0.4, 0.5) is 0 Å². The van der Waals surface area contributed by atoms with Crippen LogP contribution in [0.3, 0.4) is 0 Å². The topological polar surface area (TPSA) is 47.2 Å². The van der Waals surface area contributed by atoms with Crippen LogP contribution in [-0.2, 0) is 0 Å². The molecular formula is C21H18NO3+. The van der Waals surface area contributed by atoms with Crippen molar-refractivity contribution in [2.24, 2.45) is 0 Å². The summed E-state index contributed by atoms with van der Waals surface area (Å²) in [6.07, 6.45) is 0. The number of carbonyl (C=O) groups excluding carboxylic acids is 2. The molecule has 3 rings (SSSR count). The van der Waals surface area contributed by atoms with Gasteiger partial charge < -0.3 is 0 Å². The Kier molecular flexibility index (Phi) is 4.70. The second-order valence-corrected chi connectivity index (χ2v) is 5.61. The first-order valence-corrected chi connectivity index (χ1v) is 7.92. The summed E-state index contributed by atoms with van der Waals surface area (Å²) in [6.45, 7) is 1.45. The molecule has 1 aromatic heterocycles. The average molecular weight is 332 g/mol. The molecule has 0 unspecified atom stereocenters. The first-order valence-electron chi connectivity index (χ1n) is 7.92. The fraction of sp³-hybridized carbons (Fsp3) is 0.0952. The van der Waals surface area contributed by atoms with Gasteiger partial charge in [-0.2, -0.15) is 0 Å². The highest BCUT2D eigenvalue weighted by molar-refractivity contribution is 6.07. The van der Waals surface area contributed by atoms with Crippen molar-refractivity contribution in [1.82, 2.24) is 0 Å². The molecule has 0 amide bonds. The lowest BCUT2D eigenvalue weighted by Gasteiger charge is -2.07. The van der Waals surface area contributed by atoms with Gasteiger partial charge in [-0.25, -0.2) is 0 Å². The van der Waals surface area contributed by atoms with E-state index < -0.39 is 0 Å². The molecule has 0 spiro atoms. The molecule has 25 heavy (non-hydrogen) atoms. The predicted octanol–water partition coefficient (Wildman–Crippen LogP) is 3.13. The monoisotopic (exact) mass is 332 g/mol. The molecule has 1 heterocycles. The van der Waals surface area contributed by atoms with Crippen LogP contribution in [0.1, 0.15) is 33.5 Å². The van der Waals surface area contributed by atoms with Gasteiger partial charge in [-0.3, -0.25) is 14.4 Å². The van der Waals surface area contributed by atoms with Crippen molar-refractivity contribution in [3.05, 3.63) is 89.7 Å². The van der Waals surface area contributed by atoms with Crippen LogP contribution >= 0.6 is 0 Å². The highest BCUT2D eigenvalue weighted by atomic mass is 16.6. The third-order valence-corrected chi connectivity index (χ3v) is 3.94. The molecule has 0 N–H and O–H groups in total. The second-order valence-electron chi connectivity index (χ2n) is 5.61. The van der Waals surface area contributed by atoms with Crippen LogP contribution in [0.2, 0.25) is 0 Å². The summed E-state index contributed by atoms with van der Waals surface area (Å²) in [4.78, 5) is 30.4. The zero-order valence-electron chi connectivity index (χ0n) is 14.1. The molecular weight excluding hydrogens is 314 g/mol. The summed E-state index contributed by atoms with van der Waals surface area (Å²) in [5.74, 6) is -0.385. The number of hydrogen-bond acceptors (Lipinski definition) is 3. The van der Waals surface area contributed by atoms with E-state index >= 15 is 0 Å². The number of rotatable bonds is 5. The molecule has 0 radical (unpaired) electrons. The molecule has 0 aliphatic carbocycles. The highest BCUT2D eigenvalue weighted by Crippen LogP contribution is 2.21. The fourth-order valence-electron chi connectivity index (χ4n) is 2.72. The van der Waals surface area contributed by atoms with Gasteiger partial charge in [0.2, 0.25) is 5.78 Å². The lowest BCUT2D eigenvalue weighted by molar-refractivity contribution is -0.887. The number of Topliss-reactive ketones (excluding diaryl/α,β-unsaturated/α-hetero) is 1. The number of hydrogen-bond donors (Lipinski definition) is 0. The summed E-state index contributed by atoms with van der Waals surface area (Å²) in [7, 11) is 1.44. The van der Waals surface area contributed by atoms with Gasteiger partial charge in [0, 0.05) is 29.4 Å². The maximum atomic E-state index is 13.0. The number of pyridine rings is 1. The SMILES string of the molecule is CO[n+]1c(C(C)=O)cc(-c2ccccc2)cc1C(=O)c1ccccc1. The molecule has 3 aromatic rings. The number of carbonyl (C=O) groups is 2. The van der Waals surface area contributed by atoms with Crippen molar-refractivity contribution in [1.29, 1.82) is 0 Å². The van der Waals surface area contributed by atoms with E-state index in [2.05, 4.69) is 0 Å². The van der Waals surface area contributed by atoms with Crippen LogP contribution in [-0.4, -0.2) is 18.7 Å². The number of nitrogens with zero attached hydrogens (tertiary/aromatic N) is 1. The Morgan fingerprint density at radius 1 is 0.800 bits per heavy atom. The third-order valence-electron chi connectivity index (χ3n) is 3.94. The van der Waals surface area contributed by atoms with Crippen molar-refractivity contribution in [2.75, 3.05) is 7.11 Å². The molecule has 0 atom stereocenters. The largest absolute Gasteiger partial charge is 0.306 e. The molecule has 0 bridgehead atoms. The minimum Gasteiger partial charge on any atom is -0.288 e. The standard InChI is InChI=1S/C21H18NO3/c1-15(23)19-13-18(16-9-5-3-6-10-16)14-20(22(19)25-2)21(24)17-11-7-4-8-12-17/h3-14H,1-2H3/q+1. The van der Waals surface area contributed by atoms with E-state index in [0.29, 0.717) is 17.0 Å². The summed E-state index contributed by atoms with van der Waals surface area (Å²) in [5, 5.41) is 0. The first kappa shape index (κ1) is 16.6.